The van der Waals surface area contributed by atoms with Crippen molar-refractivity contribution in [3.8, 4) is 0 Å². The fourth-order valence-corrected chi connectivity index (χ4v) is 2.31. The van der Waals surface area contributed by atoms with Crippen molar-refractivity contribution in [3.05, 3.63) is 44.7 Å². The van der Waals surface area contributed by atoms with Gasteiger partial charge in [0.25, 0.3) is 5.91 Å². The highest BCUT2D eigenvalue weighted by Crippen LogP contribution is 2.22. The summed E-state index contributed by atoms with van der Waals surface area (Å²) in [5.74, 6) is -0.926. The summed E-state index contributed by atoms with van der Waals surface area (Å²) in [6.07, 6.45) is 1.35. The van der Waals surface area contributed by atoms with Crippen LogP contribution in [0.5, 0.6) is 0 Å². The minimum Gasteiger partial charge on any atom is -0.451 e. The van der Waals surface area contributed by atoms with Crippen LogP contribution < -0.4 is 5.32 Å². The van der Waals surface area contributed by atoms with Crippen molar-refractivity contribution in [2.75, 3.05) is 11.9 Å². The lowest BCUT2D eigenvalue weighted by Gasteiger charge is -2.06. The molecule has 2 aromatic heterocycles. The second-order valence-corrected chi connectivity index (χ2v) is 5.38. The molecule has 0 saturated heterocycles. The lowest BCUT2D eigenvalue weighted by molar-refractivity contribution is -0.119. The number of aromatic nitrogens is 1. The van der Waals surface area contributed by atoms with Crippen molar-refractivity contribution >= 4 is 52.2 Å². The molecular formula is C12H8Cl2N2O3S. The van der Waals surface area contributed by atoms with Gasteiger partial charge in [-0.3, -0.25) is 4.79 Å². The summed E-state index contributed by atoms with van der Waals surface area (Å²) >= 11 is 12.8. The standard InChI is InChI=1S/C12H8Cl2N2O3S/c13-7-4-8(14)11(15-5-7)16-10(17)6-19-12(18)9-2-1-3-20-9/h1-5H,6H2,(H,15,16,17). The van der Waals surface area contributed by atoms with Gasteiger partial charge in [0.2, 0.25) is 0 Å². The molecule has 5 nitrogen and oxygen atoms in total. The number of nitrogens with one attached hydrogen (secondary N) is 1. The van der Waals surface area contributed by atoms with Crippen molar-refractivity contribution in [1.82, 2.24) is 4.98 Å². The number of hydrogen-bond acceptors (Lipinski definition) is 5. The lowest BCUT2D eigenvalue weighted by atomic mass is 10.4. The molecule has 0 saturated carbocycles. The van der Waals surface area contributed by atoms with Crippen LogP contribution in [0.25, 0.3) is 0 Å². The van der Waals surface area contributed by atoms with E-state index in [0.29, 0.717) is 9.90 Å². The molecule has 104 valence electrons. The zero-order valence-corrected chi connectivity index (χ0v) is 12.3. The molecular weight excluding hydrogens is 323 g/mol. The molecule has 0 aliphatic heterocycles. The van der Waals surface area contributed by atoms with Crippen LogP contribution in [0.3, 0.4) is 0 Å². The molecule has 0 atom stereocenters. The van der Waals surface area contributed by atoms with E-state index < -0.39 is 18.5 Å². The van der Waals surface area contributed by atoms with Crippen LogP contribution in [-0.2, 0) is 9.53 Å². The van der Waals surface area contributed by atoms with E-state index in [0.717, 1.165) is 0 Å². The zero-order valence-electron chi connectivity index (χ0n) is 9.93. The monoisotopic (exact) mass is 330 g/mol. The predicted molar refractivity (Wildman–Crippen MR) is 77.5 cm³/mol. The van der Waals surface area contributed by atoms with E-state index in [1.165, 1.54) is 23.6 Å². The van der Waals surface area contributed by atoms with Crippen molar-refractivity contribution in [3.63, 3.8) is 0 Å². The average Bonchev–Trinajstić information content (AvgIpc) is 2.93. The van der Waals surface area contributed by atoms with Crippen molar-refractivity contribution in [2.45, 2.75) is 0 Å². The van der Waals surface area contributed by atoms with Crippen LogP contribution in [0.1, 0.15) is 9.67 Å². The van der Waals surface area contributed by atoms with Gasteiger partial charge in [0.1, 0.15) is 4.88 Å². The molecule has 0 unspecified atom stereocenters. The first-order valence-corrected chi connectivity index (χ1v) is 7.01. The van der Waals surface area contributed by atoms with E-state index in [-0.39, 0.29) is 10.8 Å². The number of rotatable bonds is 4. The van der Waals surface area contributed by atoms with Crippen LogP contribution in [-0.4, -0.2) is 23.5 Å². The van der Waals surface area contributed by atoms with E-state index in [2.05, 4.69) is 10.3 Å². The van der Waals surface area contributed by atoms with Gasteiger partial charge in [0, 0.05) is 6.20 Å². The van der Waals surface area contributed by atoms with Gasteiger partial charge >= 0.3 is 5.97 Å². The highest BCUT2D eigenvalue weighted by atomic mass is 35.5. The molecule has 0 aliphatic rings. The maximum absolute atomic E-state index is 11.6. The molecule has 8 heteroatoms. The maximum Gasteiger partial charge on any atom is 0.348 e. The predicted octanol–water partition coefficient (Wildman–Crippen LogP) is 3.25. The molecule has 20 heavy (non-hydrogen) atoms. The van der Waals surface area contributed by atoms with Crippen LogP contribution >= 0.6 is 34.5 Å². The molecule has 0 radical (unpaired) electrons. The minimum atomic E-state index is -0.551. The Bertz CT molecular complexity index is 632. The Hall–Kier alpha value is -1.63. The molecule has 1 N–H and O–H groups in total. The third kappa shape index (κ3) is 3.93. The van der Waals surface area contributed by atoms with Gasteiger partial charge in [-0.15, -0.1) is 11.3 Å². The number of pyridine rings is 1. The number of anilines is 1. The van der Waals surface area contributed by atoms with Gasteiger partial charge in [-0.1, -0.05) is 29.3 Å². The van der Waals surface area contributed by atoms with Gasteiger partial charge in [0.05, 0.1) is 10.0 Å². The third-order valence-electron chi connectivity index (χ3n) is 2.12. The summed E-state index contributed by atoms with van der Waals surface area (Å²) in [6.45, 7) is -0.419. The topological polar surface area (TPSA) is 68.3 Å². The summed E-state index contributed by atoms with van der Waals surface area (Å²) in [5, 5.41) is 4.73. The van der Waals surface area contributed by atoms with Crippen LogP contribution in [0.15, 0.2) is 29.8 Å². The van der Waals surface area contributed by atoms with Crippen molar-refractivity contribution in [2.24, 2.45) is 0 Å². The fraction of sp³-hybridized carbons (Fsp3) is 0.0833. The Morgan fingerprint density at radius 3 is 2.85 bits per heavy atom. The van der Waals surface area contributed by atoms with E-state index in [9.17, 15) is 9.59 Å². The molecule has 0 spiro atoms. The summed E-state index contributed by atoms with van der Waals surface area (Å²) in [5.41, 5.74) is 0. The van der Waals surface area contributed by atoms with E-state index in [1.807, 2.05) is 0 Å². The SMILES string of the molecule is O=C(COC(=O)c1cccs1)Nc1ncc(Cl)cc1Cl. The summed E-state index contributed by atoms with van der Waals surface area (Å²) in [4.78, 5) is 27.4. The molecule has 2 rings (SSSR count). The number of halogens is 2. The Morgan fingerprint density at radius 2 is 2.20 bits per heavy atom. The lowest BCUT2D eigenvalue weighted by Crippen LogP contribution is -2.21. The molecule has 0 bridgehead atoms. The van der Waals surface area contributed by atoms with Crippen molar-refractivity contribution < 1.29 is 14.3 Å². The van der Waals surface area contributed by atoms with Gasteiger partial charge in [-0.25, -0.2) is 9.78 Å². The Kier molecular flexibility index (Phi) is 4.94. The number of amides is 1. The average molecular weight is 331 g/mol. The second-order valence-electron chi connectivity index (χ2n) is 3.59. The molecule has 2 heterocycles. The van der Waals surface area contributed by atoms with E-state index >= 15 is 0 Å². The highest BCUT2D eigenvalue weighted by Gasteiger charge is 2.12. The first-order valence-electron chi connectivity index (χ1n) is 5.38. The number of nitrogens with zero attached hydrogens (tertiary/aromatic N) is 1. The summed E-state index contributed by atoms with van der Waals surface area (Å²) < 4.78 is 4.85. The summed E-state index contributed by atoms with van der Waals surface area (Å²) in [7, 11) is 0. The van der Waals surface area contributed by atoms with E-state index in [4.69, 9.17) is 27.9 Å². The molecule has 0 aliphatic carbocycles. The molecule has 2 aromatic rings. The van der Waals surface area contributed by atoms with Crippen LogP contribution in [0.2, 0.25) is 10.0 Å². The van der Waals surface area contributed by atoms with Gasteiger partial charge in [-0.05, 0) is 17.5 Å². The van der Waals surface area contributed by atoms with Gasteiger partial charge < -0.3 is 10.1 Å². The van der Waals surface area contributed by atoms with Crippen molar-refractivity contribution in [1.29, 1.82) is 0 Å². The van der Waals surface area contributed by atoms with Gasteiger partial charge in [-0.2, -0.15) is 0 Å². The van der Waals surface area contributed by atoms with E-state index in [1.54, 1.807) is 17.5 Å². The number of ether oxygens (including phenoxy) is 1. The largest absolute Gasteiger partial charge is 0.451 e. The second kappa shape index (κ2) is 6.69. The third-order valence-corrected chi connectivity index (χ3v) is 3.47. The van der Waals surface area contributed by atoms with Crippen LogP contribution in [0.4, 0.5) is 5.82 Å². The fourth-order valence-electron chi connectivity index (χ4n) is 1.27. The molecule has 0 fully saturated rings. The number of esters is 1. The highest BCUT2D eigenvalue weighted by molar-refractivity contribution is 7.11. The quantitative estimate of drug-likeness (QED) is 0.874. The van der Waals surface area contributed by atoms with Crippen LogP contribution in [0, 0.1) is 0 Å². The zero-order chi connectivity index (χ0) is 14.5. The maximum atomic E-state index is 11.6. The summed E-state index contributed by atoms with van der Waals surface area (Å²) in [6, 6.07) is 4.78. The molecule has 1 amide bonds. The number of carbonyl (C=O) groups excluding carboxylic acids is 2. The molecule has 0 aromatic carbocycles. The first-order chi connectivity index (χ1) is 9.56. The Labute approximate surface area is 128 Å². The Balaban J connectivity index is 1.88. The van der Waals surface area contributed by atoms with Gasteiger partial charge in [0.15, 0.2) is 12.4 Å². The number of carbonyl (C=O) groups is 2. The number of thiophene rings is 1. The number of hydrogen-bond donors (Lipinski definition) is 1. The first kappa shape index (κ1) is 14.8. The minimum absolute atomic E-state index is 0.160. The smallest absolute Gasteiger partial charge is 0.348 e. The normalized spacial score (nSPS) is 10.1. The Morgan fingerprint density at radius 1 is 1.40 bits per heavy atom.